The summed E-state index contributed by atoms with van der Waals surface area (Å²) in [5.41, 5.74) is 5.78. The molecule has 1 aliphatic heterocycles. The highest BCUT2D eigenvalue weighted by Crippen LogP contribution is 2.21. The lowest BCUT2D eigenvalue weighted by Gasteiger charge is -2.26. The summed E-state index contributed by atoms with van der Waals surface area (Å²) in [5.74, 6) is 4.63. The second kappa shape index (κ2) is 6.63. The number of hydrogen-bond acceptors (Lipinski definition) is 6. The van der Waals surface area contributed by atoms with Gasteiger partial charge < -0.3 is 11.1 Å². The molecule has 6 heteroatoms. The highest BCUT2D eigenvalue weighted by Gasteiger charge is 2.18. The zero-order chi connectivity index (χ0) is 14.6. The van der Waals surface area contributed by atoms with E-state index in [4.69, 9.17) is 5.73 Å². The van der Waals surface area contributed by atoms with Crippen molar-refractivity contribution in [2.75, 3.05) is 48.7 Å². The Morgan fingerprint density at radius 1 is 1.30 bits per heavy atom. The lowest BCUT2D eigenvalue weighted by atomic mass is 9.96. The van der Waals surface area contributed by atoms with Crippen LogP contribution in [0.1, 0.15) is 26.6 Å². The van der Waals surface area contributed by atoms with Crippen LogP contribution in [0.25, 0.3) is 0 Å². The maximum Gasteiger partial charge on any atom is 0.138 e. The van der Waals surface area contributed by atoms with Crippen LogP contribution in [0.2, 0.25) is 0 Å². The first-order chi connectivity index (χ1) is 9.45. The molecular weight excluding hydrogens is 270 g/mol. The van der Waals surface area contributed by atoms with Gasteiger partial charge in [-0.25, -0.2) is 9.97 Å². The molecule has 0 saturated carbocycles. The van der Waals surface area contributed by atoms with Crippen molar-refractivity contribution in [2.45, 2.75) is 26.2 Å². The van der Waals surface area contributed by atoms with E-state index in [-0.39, 0.29) is 5.41 Å². The Morgan fingerprint density at radius 3 is 2.65 bits per heavy atom. The van der Waals surface area contributed by atoms with Gasteiger partial charge in [-0.15, -0.1) is 0 Å². The first-order valence-corrected chi connectivity index (χ1v) is 8.29. The average molecular weight is 295 g/mol. The first kappa shape index (κ1) is 15.4. The fourth-order valence-electron chi connectivity index (χ4n) is 2.06. The average Bonchev–Trinajstić information content (AvgIpc) is 2.38. The van der Waals surface area contributed by atoms with E-state index in [0.29, 0.717) is 5.82 Å². The van der Waals surface area contributed by atoms with Crippen LogP contribution in [0.3, 0.4) is 0 Å². The topological polar surface area (TPSA) is 67.1 Å². The maximum absolute atomic E-state index is 5.87. The third kappa shape index (κ3) is 4.52. The monoisotopic (exact) mass is 295 g/mol. The van der Waals surface area contributed by atoms with E-state index in [1.807, 2.05) is 11.8 Å². The van der Waals surface area contributed by atoms with Crippen LogP contribution in [-0.2, 0) is 5.41 Å². The molecule has 0 bridgehead atoms. The Kier molecular flexibility index (Phi) is 5.10. The molecule has 0 aromatic carbocycles. The Bertz CT molecular complexity index is 438. The minimum absolute atomic E-state index is 0.0874. The number of nitrogens with zero attached hydrogens (tertiary/aromatic N) is 3. The number of aromatic nitrogens is 2. The molecule has 0 radical (unpaired) electrons. The van der Waals surface area contributed by atoms with Gasteiger partial charge in [-0.2, -0.15) is 11.8 Å². The summed E-state index contributed by atoms with van der Waals surface area (Å²) in [5, 5.41) is 3.37. The highest BCUT2D eigenvalue weighted by molar-refractivity contribution is 7.99. The Labute approximate surface area is 125 Å². The van der Waals surface area contributed by atoms with Crippen LogP contribution >= 0.6 is 11.8 Å². The van der Waals surface area contributed by atoms with Gasteiger partial charge in [0.1, 0.15) is 17.5 Å². The molecule has 5 nitrogen and oxygen atoms in total. The molecule has 2 rings (SSSR count). The normalized spacial score (nSPS) is 17.1. The number of hydrogen-bond donors (Lipinski definition) is 2. The smallest absolute Gasteiger partial charge is 0.138 e. The van der Waals surface area contributed by atoms with Crippen LogP contribution in [0.15, 0.2) is 6.07 Å². The molecule has 1 aromatic rings. The van der Waals surface area contributed by atoms with Gasteiger partial charge in [0.25, 0.3) is 0 Å². The third-order valence-electron chi connectivity index (χ3n) is 3.25. The molecule has 1 aromatic heterocycles. The molecule has 20 heavy (non-hydrogen) atoms. The van der Waals surface area contributed by atoms with Crippen molar-refractivity contribution in [3.8, 4) is 0 Å². The van der Waals surface area contributed by atoms with Gasteiger partial charge in [0.05, 0.1) is 0 Å². The number of thioether (sulfide) groups is 1. The number of nitrogens with two attached hydrogens (primary N) is 1. The van der Waals surface area contributed by atoms with Crippen molar-refractivity contribution in [2.24, 2.45) is 0 Å². The Balaban J connectivity index is 1.90. The van der Waals surface area contributed by atoms with E-state index in [2.05, 4.69) is 41.0 Å². The van der Waals surface area contributed by atoms with Crippen molar-refractivity contribution in [3.05, 3.63) is 11.9 Å². The van der Waals surface area contributed by atoms with Crippen LogP contribution in [0.4, 0.5) is 11.6 Å². The van der Waals surface area contributed by atoms with E-state index in [0.717, 1.165) is 24.7 Å². The van der Waals surface area contributed by atoms with Crippen molar-refractivity contribution >= 4 is 23.4 Å². The molecule has 0 unspecified atom stereocenters. The number of nitrogen functional groups attached to an aromatic ring is 1. The van der Waals surface area contributed by atoms with Crippen molar-refractivity contribution in [3.63, 3.8) is 0 Å². The van der Waals surface area contributed by atoms with Gasteiger partial charge in [-0.3, -0.25) is 4.90 Å². The van der Waals surface area contributed by atoms with E-state index in [1.54, 1.807) is 6.07 Å². The molecule has 0 aliphatic carbocycles. The second-order valence-electron chi connectivity index (χ2n) is 6.13. The van der Waals surface area contributed by atoms with E-state index in [1.165, 1.54) is 24.6 Å². The lowest BCUT2D eigenvalue weighted by Crippen LogP contribution is -2.36. The molecule has 0 amide bonds. The maximum atomic E-state index is 5.87. The molecule has 112 valence electrons. The zero-order valence-corrected chi connectivity index (χ0v) is 13.5. The van der Waals surface area contributed by atoms with Gasteiger partial charge in [0.2, 0.25) is 0 Å². The van der Waals surface area contributed by atoms with Crippen molar-refractivity contribution in [1.29, 1.82) is 0 Å². The second-order valence-corrected chi connectivity index (χ2v) is 7.36. The fraction of sp³-hybridized carbons (Fsp3) is 0.714. The largest absolute Gasteiger partial charge is 0.384 e. The van der Waals surface area contributed by atoms with Crippen LogP contribution < -0.4 is 11.1 Å². The standard InChI is InChI=1S/C14H25N5S/c1-14(2,3)13-17-11(15)10-12(18-13)16-4-5-19-6-8-20-9-7-19/h10H,4-9H2,1-3H3,(H3,15,16,17,18). The highest BCUT2D eigenvalue weighted by atomic mass is 32.2. The van der Waals surface area contributed by atoms with Crippen LogP contribution in [0.5, 0.6) is 0 Å². The van der Waals surface area contributed by atoms with E-state index in [9.17, 15) is 0 Å². The number of rotatable bonds is 4. The molecule has 0 spiro atoms. The number of anilines is 2. The summed E-state index contributed by atoms with van der Waals surface area (Å²) in [7, 11) is 0. The van der Waals surface area contributed by atoms with E-state index < -0.39 is 0 Å². The van der Waals surface area contributed by atoms with Gasteiger partial charge in [-0.1, -0.05) is 20.8 Å². The summed E-state index contributed by atoms with van der Waals surface area (Å²) < 4.78 is 0. The molecule has 0 atom stereocenters. The minimum Gasteiger partial charge on any atom is -0.384 e. The molecule has 1 saturated heterocycles. The van der Waals surface area contributed by atoms with Crippen LogP contribution in [0, 0.1) is 0 Å². The van der Waals surface area contributed by atoms with Gasteiger partial charge in [-0.05, 0) is 0 Å². The predicted molar refractivity (Wildman–Crippen MR) is 87.4 cm³/mol. The van der Waals surface area contributed by atoms with Gasteiger partial charge in [0.15, 0.2) is 0 Å². The third-order valence-corrected chi connectivity index (χ3v) is 4.20. The molecule has 1 aliphatic rings. The van der Waals surface area contributed by atoms with Crippen molar-refractivity contribution < 1.29 is 0 Å². The van der Waals surface area contributed by atoms with E-state index >= 15 is 0 Å². The summed E-state index contributed by atoms with van der Waals surface area (Å²) >= 11 is 2.04. The van der Waals surface area contributed by atoms with Crippen molar-refractivity contribution in [1.82, 2.24) is 14.9 Å². The van der Waals surface area contributed by atoms with Gasteiger partial charge >= 0.3 is 0 Å². The predicted octanol–water partition coefficient (Wildman–Crippen LogP) is 1.82. The minimum atomic E-state index is -0.0874. The van der Waals surface area contributed by atoms with Gasteiger partial charge in [0, 0.05) is 49.2 Å². The number of nitrogens with one attached hydrogen (secondary N) is 1. The Hall–Kier alpha value is -1.01. The van der Waals surface area contributed by atoms with Crippen LogP contribution in [-0.4, -0.2) is 52.6 Å². The molecule has 3 N–H and O–H groups in total. The molecular formula is C14H25N5S. The fourth-order valence-corrected chi connectivity index (χ4v) is 3.04. The Morgan fingerprint density at radius 2 is 2.00 bits per heavy atom. The quantitative estimate of drug-likeness (QED) is 0.883. The molecule has 1 fully saturated rings. The zero-order valence-electron chi connectivity index (χ0n) is 12.6. The first-order valence-electron chi connectivity index (χ1n) is 7.14. The SMILES string of the molecule is CC(C)(C)c1nc(N)cc(NCCN2CCSCC2)n1. The summed E-state index contributed by atoms with van der Waals surface area (Å²) in [6.07, 6.45) is 0. The molecule has 2 heterocycles. The summed E-state index contributed by atoms with van der Waals surface area (Å²) in [6.45, 7) is 10.6. The summed E-state index contributed by atoms with van der Waals surface area (Å²) in [4.78, 5) is 11.4. The lowest BCUT2D eigenvalue weighted by molar-refractivity contribution is 0.314. The summed E-state index contributed by atoms with van der Waals surface area (Å²) in [6, 6.07) is 1.81.